The van der Waals surface area contributed by atoms with Crippen molar-refractivity contribution >= 4 is 10.9 Å². The summed E-state index contributed by atoms with van der Waals surface area (Å²) in [6, 6.07) is 16.1. The van der Waals surface area contributed by atoms with E-state index in [1.54, 1.807) is 13.2 Å². The molecule has 0 amide bonds. The van der Waals surface area contributed by atoms with Gasteiger partial charge in [-0.15, -0.1) is 0 Å². The van der Waals surface area contributed by atoms with Gasteiger partial charge in [0.15, 0.2) is 0 Å². The summed E-state index contributed by atoms with van der Waals surface area (Å²) in [6.07, 6.45) is 0. The Kier molecular flexibility index (Phi) is 2.88. The molecule has 94 valence electrons. The van der Waals surface area contributed by atoms with Crippen LogP contribution in [0.3, 0.4) is 0 Å². The van der Waals surface area contributed by atoms with E-state index in [1.165, 1.54) is 12.1 Å². The summed E-state index contributed by atoms with van der Waals surface area (Å²) >= 11 is 0. The van der Waals surface area contributed by atoms with Crippen LogP contribution < -0.4 is 4.74 Å². The third-order valence-electron chi connectivity index (χ3n) is 3.04. The molecule has 1 heterocycles. The van der Waals surface area contributed by atoms with Gasteiger partial charge in [-0.1, -0.05) is 6.07 Å². The first-order valence-corrected chi connectivity index (χ1v) is 5.97. The van der Waals surface area contributed by atoms with Crippen molar-refractivity contribution in [1.29, 1.82) is 0 Å². The van der Waals surface area contributed by atoms with E-state index < -0.39 is 0 Å². The first kappa shape index (κ1) is 11.7. The molecular weight excluding hydrogens is 241 g/mol. The largest absolute Gasteiger partial charge is 0.497 e. The zero-order valence-corrected chi connectivity index (χ0v) is 10.4. The van der Waals surface area contributed by atoms with E-state index >= 15 is 0 Å². The molecule has 0 aliphatic heterocycles. The highest BCUT2D eigenvalue weighted by Gasteiger charge is 2.03. The minimum absolute atomic E-state index is 0.244. The molecule has 0 aliphatic rings. The molecule has 3 aromatic rings. The summed E-state index contributed by atoms with van der Waals surface area (Å²) in [5, 5.41) is 0.803. The van der Waals surface area contributed by atoms with Crippen molar-refractivity contribution in [1.82, 2.24) is 4.98 Å². The van der Waals surface area contributed by atoms with E-state index in [0.717, 1.165) is 27.9 Å². The maximum atomic E-state index is 13.1. The highest BCUT2D eigenvalue weighted by atomic mass is 19.1. The van der Waals surface area contributed by atoms with Gasteiger partial charge in [-0.25, -0.2) is 9.37 Å². The molecule has 0 aliphatic carbocycles. The standard InChI is InChI=1S/C16H12FNO/c1-19-14-6-2-11(3-7-14)15-8-4-12-10-13(17)5-9-16(12)18-15/h2-10H,1H3. The van der Waals surface area contributed by atoms with Gasteiger partial charge in [0.05, 0.1) is 18.3 Å². The summed E-state index contributed by atoms with van der Waals surface area (Å²) in [5.74, 6) is 0.568. The fourth-order valence-electron chi connectivity index (χ4n) is 2.02. The molecule has 0 saturated carbocycles. The smallest absolute Gasteiger partial charge is 0.123 e. The third-order valence-corrected chi connectivity index (χ3v) is 3.04. The summed E-state index contributed by atoms with van der Waals surface area (Å²) < 4.78 is 18.2. The van der Waals surface area contributed by atoms with E-state index in [0.29, 0.717) is 0 Å². The lowest BCUT2D eigenvalue weighted by Crippen LogP contribution is -1.87. The predicted molar refractivity (Wildman–Crippen MR) is 73.7 cm³/mol. The molecule has 1 aromatic heterocycles. The van der Waals surface area contributed by atoms with Crippen LogP contribution in [0.25, 0.3) is 22.2 Å². The van der Waals surface area contributed by atoms with Crippen molar-refractivity contribution in [2.75, 3.05) is 7.11 Å². The Morgan fingerprint density at radius 1 is 0.947 bits per heavy atom. The molecule has 19 heavy (non-hydrogen) atoms. The number of hydrogen-bond acceptors (Lipinski definition) is 2. The average Bonchev–Trinajstić information content (AvgIpc) is 2.47. The maximum absolute atomic E-state index is 13.1. The van der Waals surface area contributed by atoms with Gasteiger partial charge < -0.3 is 4.74 Å². The van der Waals surface area contributed by atoms with Gasteiger partial charge in [0, 0.05) is 10.9 Å². The van der Waals surface area contributed by atoms with Gasteiger partial charge in [-0.2, -0.15) is 0 Å². The number of halogens is 1. The van der Waals surface area contributed by atoms with E-state index in [-0.39, 0.29) is 5.82 Å². The van der Waals surface area contributed by atoms with Crippen LogP contribution in [0.4, 0.5) is 4.39 Å². The summed E-state index contributed by atoms with van der Waals surface area (Å²) in [7, 11) is 1.64. The molecule has 2 aromatic carbocycles. The maximum Gasteiger partial charge on any atom is 0.123 e. The highest BCUT2D eigenvalue weighted by molar-refractivity contribution is 5.81. The number of ether oxygens (including phenoxy) is 1. The number of methoxy groups -OCH3 is 1. The Morgan fingerprint density at radius 3 is 2.47 bits per heavy atom. The van der Waals surface area contributed by atoms with Crippen molar-refractivity contribution in [3.63, 3.8) is 0 Å². The molecule has 0 bridgehead atoms. The average molecular weight is 253 g/mol. The van der Waals surface area contributed by atoms with E-state index in [2.05, 4.69) is 4.98 Å². The topological polar surface area (TPSA) is 22.1 Å². The number of rotatable bonds is 2. The minimum atomic E-state index is -0.244. The third kappa shape index (κ3) is 2.27. The first-order valence-electron chi connectivity index (χ1n) is 5.97. The Hall–Kier alpha value is -2.42. The number of nitrogens with zero attached hydrogens (tertiary/aromatic N) is 1. The summed E-state index contributed by atoms with van der Waals surface area (Å²) in [4.78, 5) is 4.53. The Balaban J connectivity index is 2.06. The zero-order chi connectivity index (χ0) is 13.2. The van der Waals surface area contributed by atoms with Gasteiger partial charge >= 0.3 is 0 Å². The number of aromatic nitrogens is 1. The number of benzene rings is 2. The molecule has 0 atom stereocenters. The number of pyridine rings is 1. The molecule has 0 unspecified atom stereocenters. The lowest BCUT2D eigenvalue weighted by molar-refractivity contribution is 0.415. The van der Waals surface area contributed by atoms with Crippen LogP contribution in [-0.4, -0.2) is 12.1 Å². The Bertz CT molecular complexity index is 722. The van der Waals surface area contributed by atoms with Crippen LogP contribution in [0.2, 0.25) is 0 Å². The first-order chi connectivity index (χ1) is 9.26. The molecule has 0 N–H and O–H groups in total. The second-order valence-electron chi connectivity index (χ2n) is 4.26. The molecule has 3 rings (SSSR count). The van der Waals surface area contributed by atoms with E-state index in [4.69, 9.17) is 4.74 Å². The second kappa shape index (κ2) is 4.69. The van der Waals surface area contributed by atoms with E-state index in [1.807, 2.05) is 36.4 Å². The van der Waals surface area contributed by atoms with Crippen LogP contribution in [0.15, 0.2) is 54.6 Å². The SMILES string of the molecule is COc1ccc(-c2ccc3cc(F)ccc3n2)cc1. The van der Waals surface area contributed by atoms with Gasteiger partial charge in [0.25, 0.3) is 0 Å². The predicted octanol–water partition coefficient (Wildman–Crippen LogP) is 4.05. The highest BCUT2D eigenvalue weighted by Crippen LogP contribution is 2.23. The van der Waals surface area contributed by atoms with Crippen LogP contribution in [0, 0.1) is 5.82 Å². The zero-order valence-electron chi connectivity index (χ0n) is 10.4. The van der Waals surface area contributed by atoms with Gasteiger partial charge in [-0.3, -0.25) is 0 Å². The molecule has 2 nitrogen and oxygen atoms in total. The van der Waals surface area contributed by atoms with Crippen molar-refractivity contribution in [3.8, 4) is 17.0 Å². The van der Waals surface area contributed by atoms with Gasteiger partial charge in [0.2, 0.25) is 0 Å². The summed E-state index contributed by atoms with van der Waals surface area (Å²) in [5.41, 5.74) is 2.66. The molecule has 0 saturated heterocycles. The molecule has 0 fully saturated rings. The number of hydrogen-bond donors (Lipinski definition) is 0. The van der Waals surface area contributed by atoms with E-state index in [9.17, 15) is 4.39 Å². The number of fused-ring (bicyclic) bond motifs is 1. The lowest BCUT2D eigenvalue weighted by Gasteiger charge is -2.05. The molecule has 3 heteroatoms. The normalized spacial score (nSPS) is 10.6. The second-order valence-corrected chi connectivity index (χ2v) is 4.26. The fraction of sp³-hybridized carbons (Fsp3) is 0.0625. The van der Waals surface area contributed by atoms with Gasteiger partial charge in [-0.05, 0) is 48.5 Å². The Labute approximate surface area is 110 Å². The van der Waals surface area contributed by atoms with Crippen molar-refractivity contribution in [3.05, 3.63) is 60.4 Å². The monoisotopic (exact) mass is 253 g/mol. The van der Waals surface area contributed by atoms with Gasteiger partial charge in [0.1, 0.15) is 11.6 Å². The lowest BCUT2D eigenvalue weighted by atomic mass is 10.1. The van der Waals surface area contributed by atoms with Crippen LogP contribution >= 0.6 is 0 Å². The quantitative estimate of drug-likeness (QED) is 0.687. The molecule has 0 spiro atoms. The van der Waals surface area contributed by atoms with Crippen molar-refractivity contribution in [2.45, 2.75) is 0 Å². The van der Waals surface area contributed by atoms with Crippen LogP contribution in [-0.2, 0) is 0 Å². The molecule has 0 radical (unpaired) electrons. The van der Waals surface area contributed by atoms with Crippen LogP contribution in [0.1, 0.15) is 0 Å². The minimum Gasteiger partial charge on any atom is -0.497 e. The Morgan fingerprint density at radius 2 is 1.74 bits per heavy atom. The fourth-order valence-corrected chi connectivity index (χ4v) is 2.02. The van der Waals surface area contributed by atoms with Crippen molar-refractivity contribution < 1.29 is 9.13 Å². The summed E-state index contributed by atoms with van der Waals surface area (Å²) in [6.45, 7) is 0. The van der Waals surface area contributed by atoms with Crippen molar-refractivity contribution in [2.24, 2.45) is 0 Å². The van der Waals surface area contributed by atoms with Crippen LogP contribution in [0.5, 0.6) is 5.75 Å². The molecular formula is C16H12FNO.